The first kappa shape index (κ1) is 15.4. The summed E-state index contributed by atoms with van der Waals surface area (Å²) in [4.78, 5) is 16.1. The van der Waals surface area contributed by atoms with E-state index in [1.54, 1.807) is 17.7 Å². The molecule has 0 fully saturated rings. The third-order valence-electron chi connectivity index (χ3n) is 3.32. The molecule has 0 radical (unpaired) electrons. The fourth-order valence-electron chi connectivity index (χ4n) is 2.15. The molecule has 0 aliphatic carbocycles. The molecule has 2 N–H and O–H groups in total. The van der Waals surface area contributed by atoms with Crippen LogP contribution in [0.3, 0.4) is 0 Å². The van der Waals surface area contributed by atoms with Crippen LogP contribution >= 0.6 is 11.3 Å². The number of urea groups is 1. The predicted octanol–water partition coefficient (Wildman–Crippen LogP) is 2.84. The number of benzene rings is 1. The molecule has 3 aromatic rings. The number of thiazole rings is 1. The Morgan fingerprint density at radius 3 is 3.00 bits per heavy atom. The van der Waals surface area contributed by atoms with Crippen LogP contribution in [0.2, 0.25) is 0 Å². The molecule has 0 bridgehead atoms. The fraction of sp³-hybridized carbons (Fsp3) is 0.267. The van der Waals surface area contributed by atoms with Gasteiger partial charge in [0.05, 0.1) is 15.9 Å². The maximum absolute atomic E-state index is 13.5. The lowest BCUT2D eigenvalue weighted by molar-refractivity contribution is 0.252. The van der Waals surface area contributed by atoms with Gasteiger partial charge < -0.3 is 5.32 Å². The summed E-state index contributed by atoms with van der Waals surface area (Å²) >= 11 is 1.32. The van der Waals surface area contributed by atoms with Crippen LogP contribution in [-0.2, 0) is 13.5 Å². The third kappa shape index (κ3) is 3.65. The molecule has 0 unspecified atom stereocenters. The van der Waals surface area contributed by atoms with E-state index in [0.29, 0.717) is 29.2 Å². The van der Waals surface area contributed by atoms with E-state index in [9.17, 15) is 9.18 Å². The van der Waals surface area contributed by atoms with Crippen molar-refractivity contribution in [3.8, 4) is 0 Å². The Balaban J connectivity index is 1.57. The van der Waals surface area contributed by atoms with Crippen LogP contribution in [0.1, 0.15) is 11.3 Å². The summed E-state index contributed by atoms with van der Waals surface area (Å²) in [7, 11) is 1.85. The summed E-state index contributed by atoms with van der Waals surface area (Å²) in [5.41, 5.74) is 2.02. The largest absolute Gasteiger partial charge is 0.337 e. The van der Waals surface area contributed by atoms with E-state index in [2.05, 4.69) is 20.7 Å². The molecule has 0 saturated carbocycles. The maximum Gasteiger partial charge on any atom is 0.321 e. The topological polar surface area (TPSA) is 71.8 Å². The van der Waals surface area contributed by atoms with Crippen molar-refractivity contribution in [2.75, 3.05) is 11.9 Å². The summed E-state index contributed by atoms with van der Waals surface area (Å²) in [5, 5.41) is 10.1. The minimum absolute atomic E-state index is 0.297. The number of aryl methyl sites for hydroxylation is 2. The van der Waals surface area contributed by atoms with E-state index in [0.717, 1.165) is 10.4 Å². The quantitative estimate of drug-likeness (QED) is 0.771. The predicted molar refractivity (Wildman–Crippen MR) is 88.2 cm³/mol. The number of halogens is 1. The van der Waals surface area contributed by atoms with E-state index >= 15 is 0 Å². The van der Waals surface area contributed by atoms with Gasteiger partial charge in [0.2, 0.25) is 0 Å². The number of rotatable bonds is 4. The van der Waals surface area contributed by atoms with Crippen molar-refractivity contribution in [1.29, 1.82) is 0 Å². The Kier molecular flexibility index (Phi) is 4.24. The second-order valence-corrected chi connectivity index (χ2v) is 6.23. The van der Waals surface area contributed by atoms with Crippen LogP contribution in [0.25, 0.3) is 10.2 Å². The first-order valence-electron chi connectivity index (χ1n) is 7.11. The molecule has 0 saturated heterocycles. The molecule has 2 aromatic heterocycles. The number of nitrogens with zero attached hydrogens (tertiary/aromatic N) is 3. The van der Waals surface area contributed by atoms with E-state index in [4.69, 9.17) is 0 Å². The lowest BCUT2D eigenvalue weighted by Crippen LogP contribution is -2.30. The van der Waals surface area contributed by atoms with Crippen molar-refractivity contribution in [2.24, 2.45) is 7.05 Å². The Hall–Kier alpha value is -2.48. The van der Waals surface area contributed by atoms with Gasteiger partial charge in [0, 0.05) is 32.3 Å². The molecule has 3 rings (SSSR count). The average molecular weight is 333 g/mol. The maximum atomic E-state index is 13.5. The van der Waals surface area contributed by atoms with Gasteiger partial charge in [-0.1, -0.05) is 11.3 Å². The van der Waals surface area contributed by atoms with Crippen LogP contribution in [0.5, 0.6) is 0 Å². The number of nitrogens with one attached hydrogen (secondary N) is 2. The van der Waals surface area contributed by atoms with Crippen LogP contribution in [0.15, 0.2) is 24.4 Å². The Morgan fingerprint density at radius 2 is 2.26 bits per heavy atom. The monoisotopic (exact) mass is 333 g/mol. The molecule has 2 heterocycles. The van der Waals surface area contributed by atoms with Crippen LogP contribution < -0.4 is 10.6 Å². The number of fused-ring (bicyclic) bond motifs is 1. The van der Waals surface area contributed by atoms with Crippen LogP contribution in [-0.4, -0.2) is 27.3 Å². The van der Waals surface area contributed by atoms with Gasteiger partial charge in [0.1, 0.15) is 5.82 Å². The van der Waals surface area contributed by atoms with E-state index in [1.165, 1.54) is 17.4 Å². The zero-order chi connectivity index (χ0) is 16.4. The number of carbonyl (C=O) groups excluding carboxylic acids is 1. The van der Waals surface area contributed by atoms with Gasteiger partial charge >= 0.3 is 6.03 Å². The zero-order valence-electron chi connectivity index (χ0n) is 12.8. The van der Waals surface area contributed by atoms with E-state index in [-0.39, 0.29) is 11.8 Å². The Morgan fingerprint density at radius 1 is 1.43 bits per heavy atom. The SMILES string of the molecule is Cc1cc2sc(NC(=O)NCCc3ccn(C)n3)nc2cc1F. The number of hydrogen-bond acceptors (Lipinski definition) is 4. The molecule has 1 aromatic carbocycles. The average Bonchev–Trinajstić information content (AvgIpc) is 3.05. The highest BCUT2D eigenvalue weighted by molar-refractivity contribution is 7.22. The van der Waals surface area contributed by atoms with Crippen molar-refractivity contribution in [3.05, 3.63) is 41.5 Å². The molecule has 23 heavy (non-hydrogen) atoms. The van der Waals surface area contributed by atoms with Gasteiger partial charge in [0.25, 0.3) is 0 Å². The van der Waals surface area contributed by atoms with Crippen molar-refractivity contribution in [2.45, 2.75) is 13.3 Å². The van der Waals surface area contributed by atoms with Crippen molar-refractivity contribution >= 4 is 32.7 Å². The molecule has 0 atom stereocenters. The molecular formula is C15H16FN5OS. The fourth-order valence-corrected chi connectivity index (χ4v) is 3.09. The first-order chi connectivity index (χ1) is 11.0. The van der Waals surface area contributed by atoms with Crippen LogP contribution in [0.4, 0.5) is 14.3 Å². The van der Waals surface area contributed by atoms with Crippen molar-refractivity contribution < 1.29 is 9.18 Å². The Bertz CT molecular complexity index is 818. The summed E-state index contributed by atoms with van der Waals surface area (Å²) < 4.78 is 16.1. The van der Waals surface area contributed by atoms with Gasteiger partial charge in [0.15, 0.2) is 5.13 Å². The molecule has 8 heteroatoms. The minimum atomic E-state index is -0.336. The summed E-state index contributed by atoms with van der Waals surface area (Å²) in [6.07, 6.45) is 2.51. The molecule has 2 amide bonds. The highest BCUT2D eigenvalue weighted by Crippen LogP contribution is 2.27. The van der Waals surface area contributed by atoms with Crippen molar-refractivity contribution in [1.82, 2.24) is 20.1 Å². The lowest BCUT2D eigenvalue weighted by Gasteiger charge is -2.03. The second kappa shape index (κ2) is 6.33. The first-order valence-corrected chi connectivity index (χ1v) is 7.93. The highest BCUT2D eigenvalue weighted by Gasteiger charge is 2.10. The molecule has 0 aliphatic heterocycles. The highest BCUT2D eigenvalue weighted by atomic mass is 32.1. The summed E-state index contributed by atoms with van der Waals surface area (Å²) in [6, 6.07) is 4.68. The molecule has 0 spiro atoms. The van der Waals surface area contributed by atoms with Gasteiger partial charge in [-0.15, -0.1) is 0 Å². The number of aromatic nitrogens is 3. The number of hydrogen-bond donors (Lipinski definition) is 2. The lowest BCUT2D eigenvalue weighted by atomic mass is 10.2. The van der Waals surface area contributed by atoms with E-state index < -0.39 is 0 Å². The van der Waals surface area contributed by atoms with Crippen molar-refractivity contribution in [3.63, 3.8) is 0 Å². The minimum Gasteiger partial charge on any atom is -0.337 e. The standard InChI is InChI=1S/C15H16FN5OS/c1-9-7-13-12(8-11(9)16)18-15(23-13)19-14(22)17-5-3-10-4-6-21(2)20-10/h4,6-8H,3,5H2,1-2H3,(H2,17,18,19,22). The summed E-state index contributed by atoms with van der Waals surface area (Å²) in [5.74, 6) is -0.297. The molecule has 120 valence electrons. The number of carbonyl (C=O) groups is 1. The molecular weight excluding hydrogens is 317 g/mol. The number of anilines is 1. The summed E-state index contributed by atoms with van der Waals surface area (Å²) in [6.45, 7) is 2.17. The van der Waals surface area contributed by atoms with Gasteiger partial charge in [-0.25, -0.2) is 14.2 Å². The second-order valence-electron chi connectivity index (χ2n) is 5.20. The smallest absolute Gasteiger partial charge is 0.321 e. The van der Waals surface area contributed by atoms with Crippen LogP contribution in [0, 0.1) is 12.7 Å². The Labute approximate surface area is 136 Å². The molecule has 6 nitrogen and oxygen atoms in total. The van der Waals surface area contributed by atoms with E-state index in [1.807, 2.05) is 19.3 Å². The molecule has 0 aliphatic rings. The third-order valence-corrected chi connectivity index (χ3v) is 4.26. The zero-order valence-corrected chi connectivity index (χ0v) is 13.6. The van der Waals surface area contributed by atoms with Gasteiger partial charge in [-0.05, 0) is 24.6 Å². The normalized spacial score (nSPS) is 10.9. The van der Waals surface area contributed by atoms with Gasteiger partial charge in [-0.2, -0.15) is 5.10 Å². The van der Waals surface area contributed by atoms with Gasteiger partial charge in [-0.3, -0.25) is 10.00 Å². The number of amides is 2.